The van der Waals surface area contributed by atoms with Gasteiger partial charge in [0, 0.05) is 10.6 Å². The van der Waals surface area contributed by atoms with Gasteiger partial charge in [0.1, 0.15) is 11.5 Å². The lowest BCUT2D eigenvalue weighted by Crippen LogP contribution is -2.46. The van der Waals surface area contributed by atoms with Crippen molar-refractivity contribution in [3.8, 4) is 5.75 Å². The normalized spacial score (nSPS) is 20.4. The molecular formula is C17H20ClNO3. The van der Waals surface area contributed by atoms with Gasteiger partial charge in [-0.25, -0.2) is 0 Å². The van der Waals surface area contributed by atoms with Crippen LogP contribution in [0.15, 0.2) is 17.9 Å². The van der Waals surface area contributed by atoms with E-state index in [1.165, 1.54) is 7.11 Å². The first kappa shape index (κ1) is 15.2. The summed E-state index contributed by atoms with van der Waals surface area (Å²) in [6, 6.07) is 3.45. The molecule has 118 valence electrons. The monoisotopic (exact) mass is 321 g/mol. The second kappa shape index (κ2) is 5.51. The van der Waals surface area contributed by atoms with Crippen LogP contribution in [0, 0.1) is 6.92 Å². The zero-order valence-corrected chi connectivity index (χ0v) is 13.6. The number of carbonyl (C=O) groups excluding carboxylic acids is 1. The second-order valence-electron chi connectivity index (χ2n) is 6.12. The predicted molar refractivity (Wildman–Crippen MR) is 86.2 cm³/mol. The first-order valence-corrected chi connectivity index (χ1v) is 7.97. The third-order valence-corrected chi connectivity index (χ3v) is 4.93. The Labute approximate surface area is 135 Å². The number of aryl methyl sites for hydroxylation is 1. The van der Waals surface area contributed by atoms with Crippen molar-refractivity contribution in [3.63, 3.8) is 0 Å². The highest BCUT2D eigenvalue weighted by molar-refractivity contribution is 6.31. The molecule has 2 aliphatic rings. The number of aliphatic hydroxyl groups excluding tert-OH is 1. The van der Waals surface area contributed by atoms with Gasteiger partial charge in [-0.2, -0.15) is 0 Å². The van der Waals surface area contributed by atoms with Gasteiger partial charge in [-0.3, -0.25) is 4.79 Å². The number of aliphatic hydroxyl groups is 1. The van der Waals surface area contributed by atoms with Crippen LogP contribution < -0.4 is 10.1 Å². The summed E-state index contributed by atoms with van der Waals surface area (Å²) in [7, 11) is 1.54. The van der Waals surface area contributed by atoms with E-state index >= 15 is 0 Å². The standard InChI is InChI=1S/C17H20ClNO3/c1-10-8-11(18)9-12(22-2)13(10)14-15(20)17(19-16(14)21)6-4-3-5-7-17/h8-9,20H,3-7H2,1-2H3,(H,19,21). The summed E-state index contributed by atoms with van der Waals surface area (Å²) in [5.41, 5.74) is 1.17. The molecule has 1 aliphatic heterocycles. The Bertz CT molecular complexity index is 660. The molecule has 0 atom stereocenters. The molecule has 22 heavy (non-hydrogen) atoms. The average molecular weight is 322 g/mol. The highest BCUT2D eigenvalue weighted by atomic mass is 35.5. The van der Waals surface area contributed by atoms with Crippen molar-refractivity contribution in [2.24, 2.45) is 0 Å². The Morgan fingerprint density at radius 2 is 1.95 bits per heavy atom. The van der Waals surface area contributed by atoms with Crippen LogP contribution in [0.3, 0.4) is 0 Å². The fourth-order valence-electron chi connectivity index (χ4n) is 3.63. The molecule has 4 nitrogen and oxygen atoms in total. The van der Waals surface area contributed by atoms with Crippen molar-refractivity contribution in [2.75, 3.05) is 7.11 Å². The summed E-state index contributed by atoms with van der Waals surface area (Å²) in [5, 5.41) is 14.4. The Balaban J connectivity index is 2.17. The van der Waals surface area contributed by atoms with Crippen molar-refractivity contribution >= 4 is 23.1 Å². The predicted octanol–water partition coefficient (Wildman–Crippen LogP) is 3.76. The minimum absolute atomic E-state index is 0.154. The third kappa shape index (κ3) is 2.26. The average Bonchev–Trinajstić information content (AvgIpc) is 2.71. The van der Waals surface area contributed by atoms with Gasteiger partial charge in [0.05, 0.1) is 18.2 Å². The summed E-state index contributed by atoms with van der Waals surface area (Å²) in [6.07, 6.45) is 4.72. The Kier molecular flexibility index (Phi) is 3.81. The molecule has 0 bridgehead atoms. The molecule has 0 unspecified atom stereocenters. The van der Waals surface area contributed by atoms with E-state index < -0.39 is 5.54 Å². The smallest absolute Gasteiger partial charge is 0.256 e. The Hall–Kier alpha value is -1.68. The van der Waals surface area contributed by atoms with Crippen LogP contribution >= 0.6 is 11.6 Å². The molecular weight excluding hydrogens is 302 g/mol. The molecule has 1 fully saturated rings. The van der Waals surface area contributed by atoms with Crippen molar-refractivity contribution in [2.45, 2.75) is 44.6 Å². The van der Waals surface area contributed by atoms with Crippen LogP contribution in [0.1, 0.15) is 43.2 Å². The van der Waals surface area contributed by atoms with E-state index in [1.807, 2.05) is 6.92 Å². The molecule has 0 saturated heterocycles. The molecule has 1 heterocycles. The SMILES string of the molecule is COc1cc(Cl)cc(C)c1C1=C(O)C2(CCCCC2)NC1=O. The van der Waals surface area contributed by atoms with Crippen molar-refractivity contribution < 1.29 is 14.6 Å². The number of nitrogens with one attached hydrogen (secondary N) is 1. The topological polar surface area (TPSA) is 58.6 Å². The summed E-state index contributed by atoms with van der Waals surface area (Å²) in [6.45, 7) is 1.86. The van der Waals surface area contributed by atoms with Crippen LogP contribution in [0.2, 0.25) is 5.02 Å². The van der Waals surface area contributed by atoms with E-state index in [2.05, 4.69) is 5.32 Å². The number of ether oxygens (including phenoxy) is 1. The van der Waals surface area contributed by atoms with Gasteiger partial charge in [0.25, 0.3) is 5.91 Å². The number of halogens is 1. The molecule has 1 spiro atoms. The molecule has 0 aromatic heterocycles. The lowest BCUT2D eigenvalue weighted by molar-refractivity contribution is -0.116. The molecule has 1 amide bonds. The van der Waals surface area contributed by atoms with Gasteiger partial charge < -0.3 is 15.2 Å². The second-order valence-corrected chi connectivity index (χ2v) is 6.56. The fourth-order valence-corrected chi connectivity index (χ4v) is 3.89. The van der Waals surface area contributed by atoms with Crippen molar-refractivity contribution in [3.05, 3.63) is 34.0 Å². The third-order valence-electron chi connectivity index (χ3n) is 4.71. The Morgan fingerprint density at radius 1 is 1.27 bits per heavy atom. The molecule has 0 radical (unpaired) electrons. The van der Waals surface area contributed by atoms with Crippen molar-refractivity contribution in [1.82, 2.24) is 5.32 Å². The van der Waals surface area contributed by atoms with E-state index in [4.69, 9.17) is 16.3 Å². The van der Waals surface area contributed by atoms with E-state index in [-0.39, 0.29) is 11.7 Å². The van der Waals surface area contributed by atoms with Gasteiger partial charge in [-0.15, -0.1) is 0 Å². The molecule has 3 rings (SSSR count). The number of carbonyl (C=O) groups is 1. The lowest BCUT2D eigenvalue weighted by Gasteiger charge is -2.33. The van der Waals surface area contributed by atoms with Gasteiger partial charge in [0.2, 0.25) is 0 Å². The minimum atomic E-state index is -0.595. The fraction of sp³-hybridized carbons (Fsp3) is 0.471. The first-order valence-electron chi connectivity index (χ1n) is 7.59. The summed E-state index contributed by atoms with van der Waals surface area (Å²) in [5.74, 6) is 0.429. The molecule has 1 aromatic carbocycles. The quantitative estimate of drug-likeness (QED) is 0.872. The molecule has 5 heteroatoms. The lowest BCUT2D eigenvalue weighted by atomic mass is 9.80. The van der Waals surface area contributed by atoms with Crippen LogP contribution in [-0.4, -0.2) is 23.7 Å². The maximum Gasteiger partial charge on any atom is 0.256 e. The summed E-state index contributed by atoms with van der Waals surface area (Å²) < 4.78 is 5.38. The summed E-state index contributed by atoms with van der Waals surface area (Å²) in [4.78, 5) is 12.5. The number of amides is 1. The largest absolute Gasteiger partial charge is 0.509 e. The molecule has 2 N–H and O–H groups in total. The number of rotatable bonds is 2. The van der Waals surface area contributed by atoms with Crippen LogP contribution in [0.25, 0.3) is 5.57 Å². The highest BCUT2D eigenvalue weighted by Gasteiger charge is 2.47. The Morgan fingerprint density at radius 3 is 2.59 bits per heavy atom. The van der Waals surface area contributed by atoms with Gasteiger partial charge >= 0.3 is 0 Å². The number of benzene rings is 1. The van der Waals surface area contributed by atoms with E-state index in [0.29, 0.717) is 21.9 Å². The van der Waals surface area contributed by atoms with E-state index in [1.54, 1.807) is 12.1 Å². The maximum atomic E-state index is 12.5. The zero-order valence-electron chi connectivity index (χ0n) is 12.8. The van der Waals surface area contributed by atoms with Gasteiger partial charge in [-0.05, 0) is 37.5 Å². The van der Waals surface area contributed by atoms with Crippen LogP contribution in [0.5, 0.6) is 5.75 Å². The zero-order chi connectivity index (χ0) is 15.9. The van der Waals surface area contributed by atoms with Gasteiger partial charge in [-0.1, -0.05) is 30.9 Å². The highest BCUT2D eigenvalue weighted by Crippen LogP contribution is 2.44. The molecule has 1 aliphatic carbocycles. The van der Waals surface area contributed by atoms with E-state index in [9.17, 15) is 9.90 Å². The molecule has 1 aromatic rings. The van der Waals surface area contributed by atoms with Crippen LogP contribution in [-0.2, 0) is 4.79 Å². The number of hydrogen-bond acceptors (Lipinski definition) is 3. The number of methoxy groups -OCH3 is 1. The van der Waals surface area contributed by atoms with E-state index in [0.717, 1.165) is 37.7 Å². The summed E-state index contributed by atoms with van der Waals surface area (Å²) >= 11 is 6.06. The minimum Gasteiger partial charge on any atom is -0.509 e. The van der Waals surface area contributed by atoms with Crippen LogP contribution in [0.4, 0.5) is 0 Å². The molecule has 1 saturated carbocycles. The first-order chi connectivity index (χ1) is 10.5. The maximum absolute atomic E-state index is 12.5. The van der Waals surface area contributed by atoms with Crippen molar-refractivity contribution in [1.29, 1.82) is 0 Å². The number of hydrogen-bond donors (Lipinski definition) is 2. The van der Waals surface area contributed by atoms with Gasteiger partial charge in [0.15, 0.2) is 0 Å².